The number of carbonyl (C=O) groups excluding carboxylic acids is 1. The summed E-state index contributed by atoms with van der Waals surface area (Å²) in [5, 5.41) is 0. The largest absolute Gasteiger partial charge is 0.496 e. The van der Waals surface area contributed by atoms with E-state index < -0.39 is 0 Å². The molecule has 5 heteroatoms. The zero-order chi connectivity index (χ0) is 16.7. The van der Waals surface area contributed by atoms with Crippen LogP contribution in [0, 0.1) is 0 Å². The monoisotopic (exact) mass is 321 g/mol. The summed E-state index contributed by atoms with van der Waals surface area (Å²) in [6.45, 7) is 3.15. The molecule has 0 N–H and O–H groups in total. The summed E-state index contributed by atoms with van der Waals surface area (Å²) in [7, 11) is 1.67. The van der Waals surface area contributed by atoms with Crippen LogP contribution in [-0.4, -0.2) is 27.5 Å². The quantitative estimate of drug-likeness (QED) is 0.744. The second-order valence-electron chi connectivity index (χ2n) is 6.11. The normalized spacial score (nSPS) is 14.7. The number of hydrogen-bond donors (Lipinski definition) is 0. The number of carbonyl (C=O) groups is 1. The number of imidazole rings is 1. The minimum atomic E-state index is -0.294. The van der Waals surface area contributed by atoms with Gasteiger partial charge in [0.15, 0.2) is 0 Å². The molecule has 0 saturated heterocycles. The summed E-state index contributed by atoms with van der Waals surface area (Å²) in [5.74, 6) is 0.944. The van der Waals surface area contributed by atoms with E-state index in [1.807, 2.05) is 52.8 Å². The van der Waals surface area contributed by atoms with Gasteiger partial charge in [0.2, 0.25) is 5.91 Å². The number of amides is 1. The molecule has 2 aromatic carbocycles. The Morgan fingerprint density at radius 1 is 1.17 bits per heavy atom. The van der Waals surface area contributed by atoms with E-state index in [4.69, 9.17) is 4.74 Å². The molecule has 4 rings (SSSR count). The summed E-state index contributed by atoms with van der Waals surface area (Å²) in [4.78, 5) is 19.3. The number of methoxy groups -OCH3 is 1. The first-order valence-electron chi connectivity index (χ1n) is 8.04. The van der Waals surface area contributed by atoms with E-state index in [1.54, 1.807) is 13.4 Å². The fourth-order valence-corrected chi connectivity index (χ4v) is 3.41. The molecular formula is C19H19N3O2. The van der Waals surface area contributed by atoms with Gasteiger partial charge in [0, 0.05) is 12.1 Å². The van der Waals surface area contributed by atoms with Crippen molar-refractivity contribution in [3.05, 3.63) is 59.9 Å². The Bertz CT molecular complexity index is 916. The summed E-state index contributed by atoms with van der Waals surface area (Å²) in [5.41, 5.74) is 4.15. The van der Waals surface area contributed by atoms with Gasteiger partial charge >= 0.3 is 0 Å². The number of hydrogen-bond acceptors (Lipinski definition) is 3. The molecule has 24 heavy (non-hydrogen) atoms. The molecule has 0 aliphatic carbocycles. The first kappa shape index (κ1) is 14.8. The van der Waals surface area contributed by atoms with Crippen LogP contribution in [-0.2, 0) is 17.9 Å². The molecule has 1 aromatic heterocycles. The molecule has 3 aromatic rings. The molecule has 0 bridgehead atoms. The lowest BCUT2D eigenvalue weighted by Crippen LogP contribution is -2.32. The number of fused-ring (bicyclic) bond motifs is 2. The Balaban J connectivity index is 1.61. The molecule has 1 aliphatic heterocycles. The molecule has 1 aliphatic rings. The van der Waals surface area contributed by atoms with Gasteiger partial charge in [-0.3, -0.25) is 4.79 Å². The van der Waals surface area contributed by atoms with Crippen LogP contribution in [0.25, 0.3) is 11.0 Å². The summed E-state index contributed by atoms with van der Waals surface area (Å²) >= 11 is 0. The number of nitrogens with zero attached hydrogens (tertiary/aromatic N) is 3. The molecule has 122 valence electrons. The van der Waals surface area contributed by atoms with E-state index >= 15 is 0 Å². The van der Waals surface area contributed by atoms with Crippen LogP contribution >= 0.6 is 0 Å². The van der Waals surface area contributed by atoms with E-state index in [-0.39, 0.29) is 11.9 Å². The van der Waals surface area contributed by atoms with Gasteiger partial charge in [-0.05, 0) is 30.7 Å². The van der Waals surface area contributed by atoms with Crippen LogP contribution < -0.4 is 4.74 Å². The first-order chi connectivity index (χ1) is 11.7. The van der Waals surface area contributed by atoms with E-state index in [0.29, 0.717) is 13.1 Å². The second-order valence-corrected chi connectivity index (χ2v) is 6.11. The highest BCUT2D eigenvalue weighted by Gasteiger charge is 2.29. The molecule has 0 spiro atoms. The number of benzene rings is 2. The van der Waals surface area contributed by atoms with Crippen LogP contribution in [0.4, 0.5) is 0 Å². The van der Waals surface area contributed by atoms with Gasteiger partial charge in [0.05, 0.1) is 31.0 Å². The lowest BCUT2D eigenvalue weighted by atomic mass is 10.1. The average molecular weight is 321 g/mol. The van der Waals surface area contributed by atoms with E-state index in [1.165, 1.54) is 0 Å². The maximum atomic E-state index is 13.0. The summed E-state index contributed by atoms with van der Waals surface area (Å²) in [6.07, 6.45) is 1.75. The van der Waals surface area contributed by atoms with E-state index in [0.717, 1.165) is 27.9 Å². The standard InChI is InChI=1S/C19H19N3O2/c1-13(22-12-20-16-7-3-4-8-17(16)22)19(23)21-10-14-6-5-9-18(24-2)15(14)11-21/h3-9,12-13H,10-11H2,1-2H3. The maximum Gasteiger partial charge on any atom is 0.246 e. The molecule has 1 amide bonds. The molecular weight excluding hydrogens is 302 g/mol. The van der Waals surface area contributed by atoms with Gasteiger partial charge in [-0.1, -0.05) is 24.3 Å². The Morgan fingerprint density at radius 3 is 2.83 bits per heavy atom. The third kappa shape index (κ3) is 2.24. The van der Waals surface area contributed by atoms with Crippen molar-refractivity contribution in [1.82, 2.24) is 14.5 Å². The zero-order valence-corrected chi connectivity index (χ0v) is 13.8. The van der Waals surface area contributed by atoms with Crippen LogP contribution in [0.15, 0.2) is 48.8 Å². The third-order valence-electron chi connectivity index (χ3n) is 4.73. The second kappa shape index (κ2) is 5.67. The minimum Gasteiger partial charge on any atom is -0.496 e. The van der Waals surface area contributed by atoms with Crippen LogP contribution in [0.2, 0.25) is 0 Å². The Kier molecular flexibility index (Phi) is 3.49. The highest BCUT2D eigenvalue weighted by atomic mass is 16.5. The van der Waals surface area contributed by atoms with Crippen molar-refractivity contribution in [3.8, 4) is 5.75 Å². The van der Waals surface area contributed by atoms with Gasteiger partial charge in [0.25, 0.3) is 0 Å². The number of rotatable bonds is 3. The summed E-state index contributed by atoms with van der Waals surface area (Å²) < 4.78 is 7.36. The SMILES string of the molecule is COc1cccc2c1CN(C(=O)C(C)n1cnc3ccccc31)C2. The van der Waals surface area contributed by atoms with Crippen molar-refractivity contribution in [1.29, 1.82) is 0 Å². The van der Waals surface area contributed by atoms with Gasteiger partial charge < -0.3 is 14.2 Å². The average Bonchev–Trinajstić information content (AvgIpc) is 3.24. The lowest BCUT2D eigenvalue weighted by molar-refractivity contribution is -0.134. The van der Waals surface area contributed by atoms with Crippen molar-refractivity contribution in [2.24, 2.45) is 0 Å². The predicted octanol–water partition coefficient (Wildman–Crippen LogP) is 3.15. The molecule has 0 radical (unpaired) electrons. The van der Waals surface area contributed by atoms with E-state index in [9.17, 15) is 4.79 Å². The molecule has 1 unspecified atom stereocenters. The van der Waals surface area contributed by atoms with E-state index in [2.05, 4.69) is 11.1 Å². The summed E-state index contributed by atoms with van der Waals surface area (Å²) in [6, 6.07) is 13.6. The van der Waals surface area contributed by atoms with Gasteiger partial charge in [0.1, 0.15) is 11.8 Å². The fourth-order valence-electron chi connectivity index (χ4n) is 3.41. The number of ether oxygens (including phenoxy) is 1. The highest BCUT2D eigenvalue weighted by molar-refractivity contribution is 5.84. The Morgan fingerprint density at radius 2 is 2.00 bits per heavy atom. The molecule has 0 fully saturated rings. The van der Waals surface area contributed by atoms with Crippen molar-refractivity contribution in [2.75, 3.05) is 7.11 Å². The van der Waals surface area contributed by atoms with Crippen molar-refractivity contribution >= 4 is 16.9 Å². The zero-order valence-electron chi connectivity index (χ0n) is 13.8. The number of aromatic nitrogens is 2. The lowest BCUT2D eigenvalue weighted by Gasteiger charge is -2.22. The van der Waals surface area contributed by atoms with Crippen molar-refractivity contribution in [2.45, 2.75) is 26.1 Å². The topological polar surface area (TPSA) is 47.4 Å². The third-order valence-corrected chi connectivity index (χ3v) is 4.73. The Hall–Kier alpha value is -2.82. The van der Waals surface area contributed by atoms with Crippen molar-refractivity contribution < 1.29 is 9.53 Å². The highest BCUT2D eigenvalue weighted by Crippen LogP contribution is 2.32. The van der Waals surface area contributed by atoms with Crippen LogP contribution in [0.1, 0.15) is 24.1 Å². The molecule has 5 nitrogen and oxygen atoms in total. The molecule has 1 atom stereocenters. The smallest absolute Gasteiger partial charge is 0.246 e. The molecule has 0 saturated carbocycles. The fraction of sp³-hybridized carbons (Fsp3) is 0.263. The van der Waals surface area contributed by atoms with Gasteiger partial charge in [-0.2, -0.15) is 0 Å². The van der Waals surface area contributed by atoms with Gasteiger partial charge in [-0.25, -0.2) is 4.98 Å². The molecule has 2 heterocycles. The van der Waals surface area contributed by atoms with Crippen LogP contribution in [0.5, 0.6) is 5.75 Å². The Labute approximate surface area is 140 Å². The predicted molar refractivity (Wildman–Crippen MR) is 91.7 cm³/mol. The van der Waals surface area contributed by atoms with Crippen molar-refractivity contribution in [3.63, 3.8) is 0 Å². The number of para-hydroxylation sites is 2. The van der Waals surface area contributed by atoms with Gasteiger partial charge in [-0.15, -0.1) is 0 Å². The minimum absolute atomic E-state index is 0.0939. The maximum absolute atomic E-state index is 13.0. The van der Waals surface area contributed by atoms with Crippen LogP contribution in [0.3, 0.4) is 0 Å². The first-order valence-corrected chi connectivity index (χ1v) is 8.04.